The van der Waals surface area contributed by atoms with E-state index in [9.17, 15) is 14.1 Å². The van der Waals surface area contributed by atoms with Crippen LogP contribution >= 0.6 is 0 Å². The first-order valence-electron chi connectivity index (χ1n) is 5.25. The molecule has 0 saturated carbocycles. The van der Waals surface area contributed by atoms with Gasteiger partial charge in [0.05, 0.1) is 11.7 Å². The average molecular weight is 308 g/mol. The number of nitrogens with zero attached hydrogens (tertiary/aromatic N) is 1. The molecule has 3 N–H and O–H groups in total. The molecule has 10 heteroatoms. The number of carboxylic acids is 3. The number of rotatable bonds is 1. The number of carboxylic acid groups (broad SMARTS) is 3. The monoisotopic (exact) mass is 308 g/mol. The van der Waals surface area contributed by atoms with Crippen LogP contribution in [0.3, 0.4) is 0 Å². The van der Waals surface area contributed by atoms with Crippen molar-refractivity contribution in [3.05, 3.63) is 46.2 Å². The molecule has 0 saturated heterocycles. The highest BCUT2D eigenvalue weighted by molar-refractivity contribution is 6.27. The van der Waals surface area contributed by atoms with E-state index in [-0.39, 0.29) is 24.1 Å². The molecule has 2 rings (SSSR count). The van der Waals surface area contributed by atoms with Crippen molar-refractivity contribution in [1.82, 2.24) is 4.79 Å². The van der Waals surface area contributed by atoms with Gasteiger partial charge < -0.3 is 15.3 Å². The molecule has 1 aromatic carbocycles. The van der Waals surface area contributed by atoms with E-state index in [4.69, 9.17) is 24.9 Å². The van der Waals surface area contributed by atoms with Crippen LogP contribution < -0.4 is 5.43 Å². The minimum atomic E-state index is -1.82. The van der Waals surface area contributed by atoms with E-state index < -0.39 is 28.9 Å². The van der Waals surface area contributed by atoms with E-state index in [1.807, 2.05) is 0 Å². The minimum absolute atomic E-state index is 0. The Morgan fingerprint density at radius 2 is 1.50 bits per heavy atom. The third kappa shape index (κ3) is 4.17. The molecule has 1 heterocycles. The number of carbonyl (C=O) groups is 3. The third-order valence-corrected chi connectivity index (χ3v) is 2.28. The fraction of sp³-hybridized carbons (Fsp3) is 0. The van der Waals surface area contributed by atoms with Crippen molar-refractivity contribution >= 4 is 37.2 Å². The zero-order valence-electron chi connectivity index (χ0n) is 10.8. The normalized spacial score (nSPS) is 9.14. The zero-order valence-corrected chi connectivity index (χ0v) is 10.8. The Morgan fingerprint density at radius 1 is 1.00 bits per heavy atom. The van der Waals surface area contributed by atoms with Gasteiger partial charge in [0, 0.05) is 13.8 Å². The lowest BCUT2D eigenvalue weighted by Crippen LogP contribution is -2.16. The Bertz CT molecular complexity index is 775. The zero-order chi connectivity index (χ0) is 16.2. The van der Waals surface area contributed by atoms with Gasteiger partial charge in [0.25, 0.3) is 0 Å². The van der Waals surface area contributed by atoms with Crippen LogP contribution in [0.4, 0.5) is 4.48 Å². The molecule has 0 bridgehead atoms. The molecule has 0 atom stereocenters. The number of benzene rings is 1. The van der Waals surface area contributed by atoms with Crippen molar-refractivity contribution in [3.8, 4) is 0 Å². The molecule has 2 aromatic rings. The smallest absolute Gasteiger partial charge is 0.414 e. The number of hydrogen-bond donors (Lipinski definition) is 3. The standard InChI is InChI=1S/C10H6FNO3.C2H2O4.B/c11-12-5-7(10(14)15)9(13)6-3-1-2-4-8(6)12;3-1(4)2(5)6;/h1-5H,(H,14,15);(H,3,4)(H,5,6);. The summed E-state index contributed by atoms with van der Waals surface area (Å²) in [6.45, 7) is 0. The molecule has 113 valence electrons. The van der Waals surface area contributed by atoms with Crippen molar-refractivity contribution in [2.24, 2.45) is 0 Å². The van der Waals surface area contributed by atoms with Gasteiger partial charge >= 0.3 is 17.9 Å². The van der Waals surface area contributed by atoms with E-state index in [0.717, 1.165) is 0 Å². The van der Waals surface area contributed by atoms with E-state index in [1.54, 1.807) is 12.1 Å². The number of fused-ring (bicyclic) bond motifs is 1. The van der Waals surface area contributed by atoms with Crippen LogP contribution in [0.5, 0.6) is 0 Å². The number of halogens is 1. The van der Waals surface area contributed by atoms with Crippen molar-refractivity contribution in [2.45, 2.75) is 0 Å². The third-order valence-electron chi connectivity index (χ3n) is 2.28. The molecular formula is C12H8BFNO7. The molecule has 0 aliphatic rings. The van der Waals surface area contributed by atoms with Gasteiger partial charge in [0.2, 0.25) is 5.43 Å². The van der Waals surface area contributed by atoms with Gasteiger partial charge in [-0.05, 0) is 12.1 Å². The highest BCUT2D eigenvalue weighted by atomic mass is 19.2. The predicted octanol–water partition coefficient (Wildman–Crippen LogP) is 0.207. The second-order valence-corrected chi connectivity index (χ2v) is 3.62. The van der Waals surface area contributed by atoms with Crippen LogP contribution in [0.15, 0.2) is 35.3 Å². The van der Waals surface area contributed by atoms with Gasteiger partial charge in [-0.2, -0.15) is 4.79 Å². The molecule has 0 unspecified atom stereocenters. The van der Waals surface area contributed by atoms with Crippen molar-refractivity contribution < 1.29 is 34.2 Å². The lowest BCUT2D eigenvalue weighted by atomic mass is 10.1. The average Bonchev–Trinajstić information content (AvgIpc) is 2.43. The summed E-state index contributed by atoms with van der Waals surface area (Å²) < 4.78 is 13.3. The predicted molar refractivity (Wildman–Crippen MR) is 72.7 cm³/mol. The molecule has 22 heavy (non-hydrogen) atoms. The Hall–Kier alpha value is -3.17. The van der Waals surface area contributed by atoms with Crippen molar-refractivity contribution in [2.75, 3.05) is 0 Å². The quantitative estimate of drug-likeness (QED) is 0.506. The number of aliphatic carboxylic acids is 2. The lowest BCUT2D eigenvalue weighted by Gasteiger charge is -2.02. The lowest BCUT2D eigenvalue weighted by molar-refractivity contribution is -0.159. The number of aromatic carboxylic acids is 1. The van der Waals surface area contributed by atoms with Crippen LogP contribution in [0.2, 0.25) is 0 Å². The van der Waals surface area contributed by atoms with E-state index >= 15 is 0 Å². The Labute approximate surface area is 123 Å². The molecule has 0 amide bonds. The Balaban J connectivity index is 0.000000546. The molecule has 0 aliphatic heterocycles. The highest BCUT2D eigenvalue weighted by Crippen LogP contribution is 2.11. The van der Waals surface area contributed by atoms with Gasteiger partial charge in [-0.3, -0.25) is 4.79 Å². The largest absolute Gasteiger partial charge is 0.477 e. The first-order chi connectivity index (χ1) is 9.75. The molecule has 1 aromatic heterocycles. The molecule has 0 spiro atoms. The van der Waals surface area contributed by atoms with Crippen LogP contribution in [0, 0.1) is 0 Å². The summed E-state index contributed by atoms with van der Waals surface area (Å²) in [4.78, 5) is 40.5. The first-order valence-corrected chi connectivity index (χ1v) is 5.25. The minimum Gasteiger partial charge on any atom is -0.477 e. The van der Waals surface area contributed by atoms with E-state index in [0.29, 0.717) is 6.20 Å². The van der Waals surface area contributed by atoms with Gasteiger partial charge in [-0.25, -0.2) is 14.4 Å². The van der Waals surface area contributed by atoms with Crippen LogP contribution in [0.1, 0.15) is 10.4 Å². The second-order valence-electron chi connectivity index (χ2n) is 3.62. The van der Waals surface area contributed by atoms with Crippen molar-refractivity contribution in [1.29, 1.82) is 0 Å². The van der Waals surface area contributed by atoms with Crippen LogP contribution in [-0.2, 0) is 9.59 Å². The maximum Gasteiger partial charge on any atom is 0.414 e. The maximum absolute atomic E-state index is 13.3. The number of para-hydroxylation sites is 1. The summed E-state index contributed by atoms with van der Waals surface area (Å²) in [5.41, 5.74) is -1.18. The summed E-state index contributed by atoms with van der Waals surface area (Å²) in [5.74, 6) is -5.08. The molecular weight excluding hydrogens is 300 g/mol. The molecule has 0 fully saturated rings. The molecule has 3 radical (unpaired) electrons. The van der Waals surface area contributed by atoms with Gasteiger partial charge in [-0.1, -0.05) is 16.6 Å². The fourth-order valence-electron chi connectivity index (χ4n) is 1.39. The number of hydrogen-bond acceptors (Lipinski definition) is 4. The summed E-state index contributed by atoms with van der Waals surface area (Å²) in [6.07, 6.45) is 0.674. The topological polar surface area (TPSA) is 134 Å². The second kappa shape index (κ2) is 7.57. The van der Waals surface area contributed by atoms with E-state index in [1.165, 1.54) is 12.1 Å². The highest BCUT2D eigenvalue weighted by Gasteiger charge is 2.13. The number of aromatic nitrogens is 1. The summed E-state index contributed by atoms with van der Waals surface area (Å²) in [5, 5.41) is 23.5. The summed E-state index contributed by atoms with van der Waals surface area (Å²) in [6, 6.07) is 5.91. The van der Waals surface area contributed by atoms with Crippen LogP contribution in [0.25, 0.3) is 10.9 Å². The van der Waals surface area contributed by atoms with Gasteiger partial charge in [-0.15, -0.1) is 0 Å². The molecule has 8 nitrogen and oxygen atoms in total. The SMILES string of the molecule is O=C(O)C(=O)O.O=C(O)c1cn(F)c2ccccc2c1=O.[B]. The van der Waals surface area contributed by atoms with Crippen molar-refractivity contribution in [3.63, 3.8) is 0 Å². The molecule has 0 aliphatic carbocycles. The van der Waals surface area contributed by atoms with Crippen LogP contribution in [-0.4, -0.2) is 46.4 Å². The van der Waals surface area contributed by atoms with Gasteiger partial charge in [0.15, 0.2) is 0 Å². The van der Waals surface area contributed by atoms with E-state index in [2.05, 4.69) is 0 Å². The first kappa shape index (κ1) is 18.8. The van der Waals surface area contributed by atoms with Gasteiger partial charge in [0.1, 0.15) is 5.56 Å². The summed E-state index contributed by atoms with van der Waals surface area (Å²) in [7, 11) is 0. The maximum atomic E-state index is 13.3. The summed E-state index contributed by atoms with van der Waals surface area (Å²) >= 11 is 0. The fourth-order valence-corrected chi connectivity index (χ4v) is 1.39. The number of pyridine rings is 1. The Morgan fingerprint density at radius 3 is 1.95 bits per heavy atom. The Kier molecular flexibility index (Phi) is 6.48.